The molecule has 2 aromatic rings. The number of rotatable bonds is 10. The van der Waals surface area contributed by atoms with Crippen LogP contribution in [0.2, 0.25) is 0 Å². The fraction of sp³-hybridized carbons (Fsp3) is 0.400. The van der Waals surface area contributed by atoms with Crippen LogP contribution in [0.3, 0.4) is 0 Å². The summed E-state index contributed by atoms with van der Waals surface area (Å²) in [5.74, 6) is 0.432. The molecular formula is C25H32N4O4. The summed E-state index contributed by atoms with van der Waals surface area (Å²) >= 11 is 0. The van der Waals surface area contributed by atoms with Crippen LogP contribution in [0, 0.1) is 0 Å². The van der Waals surface area contributed by atoms with Crippen molar-refractivity contribution >= 4 is 17.5 Å². The number of aliphatic hydroxyl groups excluding tert-OH is 1. The second-order valence-electron chi connectivity index (χ2n) is 8.27. The lowest BCUT2D eigenvalue weighted by Crippen LogP contribution is -2.44. The zero-order valence-electron chi connectivity index (χ0n) is 18.9. The number of ketones is 1. The monoisotopic (exact) mass is 452 g/mol. The van der Waals surface area contributed by atoms with E-state index < -0.39 is 12.1 Å². The lowest BCUT2D eigenvalue weighted by molar-refractivity contribution is 0.103. The number of anilines is 1. The van der Waals surface area contributed by atoms with Crippen molar-refractivity contribution in [1.82, 2.24) is 10.3 Å². The van der Waals surface area contributed by atoms with Crippen LogP contribution >= 0.6 is 0 Å². The summed E-state index contributed by atoms with van der Waals surface area (Å²) < 4.78 is 5.67. The van der Waals surface area contributed by atoms with Crippen LogP contribution < -0.4 is 20.7 Å². The third-order valence-electron chi connectivity index (χ3n) is 5.64. The minimum atomic E-state index is -0.772. The van der Waals surface area contributed by atoms with Gasteiger partial charge in [0, 0.05) is 48.0 Å². The molecule has 0 bridgehead atoms. The molecule has 8 nitrogen and oxygen atoms in total. The smallest absolute Gasteiger partial charge is 0.319 e. The molecular weight excluding hydrogens is 420 g/mol. The Bertz CT molecular complexity index is 941. The minimum absolute atomic E-state index is 0.0817. The third-order valence-corrected chi connectivity index (χ3v) is 5.64. The average Bonchev–Trinajstić information content (AvgIpc) is 2.83. The second-order valence-corrected chi connectivity index (χ2v) is 8.27. The van der Waals surface area contributed by atoms with E-state index in [9.17, 15) is 14.7 Å². The first kappa shape index (κ1) is 24.3. The van der Waals surface area contributed by atoms with E-state index in [0.29, 0.717) is 17.0 Å². The van der Waals surface area contributed by atoms with Gasteiger partial charge < -0.3 is 20.9 Å². The Labute approximate surface area is 194 Å². The standard InChI is InChI=1S/C25H32N4O4/c1-18(14-24(31)19-6-5-13-27-15-19)28-16-22(30)17-33-23-11-9-21(10-12-23)29(25(26)32)20-7-3-2-4-8-20/h5-6,9-15,20,22,28,30H,2-4,7-8,16-17H2,1H3,(H2,26,32)/b18-14+. The molecule has 2 amide bonds. The number of carbonyl (C=O) groups is 2. The molecule has 8 heteroatoms. The zero-order chi connectivity index (χ0) is 23.6. The van der Waals surface area contributed by atoms with Gasteiger partial charge in [0.25, 0.3) is 0 Å². The van der Waals surface area contributed by atoms with Gasteiger partial charge in [-0.3, -0.25) is 14.7 Å². The predicted molar refractivity (Wildman–Crippen MR) is 127 cm³/mol. The summed E-state index contributed by atoms with van der Waals surface area (Å²) in [6, 6.07) is 10.3. The highest BCUT2D eigenvalue weighted by Crippen LogP contribution is 2.28. The van der Waals surface area contributed by atoms with Crippen molar-refractivity contribution in [3.05, 3.63) is 66.1 Å². The van der Waals surface area contributed by atoms with Crippen LogP contribution in [0.15, 0.2) is 60.6 Å². The largest absolute Gasteiger partial charge is 0.491 e. The van der Waals surface area contributed by atoms with Gasteiger partial charge in [0.15, 0.2) is 5.78 Å². The fourth-order valence-electron chi connectivity index (χ4n) is 3.93. The number of pyridine rings is 1. The summed E-state index contributed by atoms with van der Waals surface area (Å²) in [6.07, 6.45) is 9.15. The Morgan fingerprint density at radius 1 is 1.24 bits per heavy atom. The van der Waals surface area contributed by atoms with Crippen molar-refractivity contribution in [3.63, 3.8) is 0 Å². The number of nitrogens with one attached hydrogen (secondary N) is 1. The number of hydrogen-bond acceptors (Lipinski definition) is 6. The van der Waals surface area contributed by atoms with Gasteiger partial charge in [-0.25, -0.2) is 4.79 Å². The Balaban J connectivity index is 1.47. The summed E-state index contributed by atoms with van der Waals surface area (Å²) in [5, 5.41) is 13.2. The lowest BCUT2D eigenvalue weighted by atomic mass is 9.94. The Morgan fingerprint density at radius 2 is 1.97 bits per heavy atom. The number of aliphatic hydroxyl groups is 1. The number of amides is 2. The van der Waals surface area contributed by atoms with Crippen molar-refractivity contribution in [2.45, 2.75) is 51.2 Å². The van der Waals surface area contributed by atoms with E-state index in [0.717, 1.165) is 31.4 Å². The number of benzene rings is 1. The van der Waals surface area contributed by atoms with Crippen LogP contribution in [0.25, 0.3) is 0 Å². The van der Waals surface area contributed by atoms with Crippen LogP contribution in [-0.4, -0.2) is 47.2 Å². The quantitative estimate of drug-likeness (QED) is 0.376. The first-order chi connectivity index (χ1) is 15.9. The predicted octanol–water partition coefficient (Wildman–Crippen LogP) is 3.42. The molecule has 0 aliphatic heterocycles. The third kappa shape index (κ3) is 7.32. The van der Waals surface area contributed by atoms with Crippen LogP contribution in [0.1, 0.15) is 49.4 Å². The number of nitrogens with two attached hydrogens (primary N) is 1. The number of aromatic nitrogens is 1. The Hall–Kier alpha value is -3.39. The maximum atomic E-state index is 12.2. The zero-order valence-corrected chi connectivity index (χ0v) is 18.9. The number of primary amides is 1. The molecule has 33 heavy (non-hydrogen) atoms. The van der Waals surface area contributed by atoms with E-state index in [1.54, 1.807) is 42.3 Å². The molecule has 176 valence electrons. The number of urea groups is 1. The van der Waals surface area contributed by atoms with Crippen molar-refractivity contribution in [3.8, 4) is 5.75 Å². The Kier molecular flexibility index (Phi) is 8.83. The summed E-state index contributed by atoms with van der Waals surface area (Å²) in [5.41, 5.74) is 7.54. The summed E-state index contributed by atoms with van der Waals surface area (Å²) in [4.78, 5) is 29.8. The van der Waals surface area contributed by atoms with E-state index >= 15 is 0 Å². The molecule has 1 fully saturated rings. The second kappa shape index (κ2) is 12.0. The topological polar surface area (TPSA) is 118 Å². The molecule has 1 aromatic heterocycles. The summed E-state index contributed by atoms with van der Waals surface area (Å²) in [7, 11) is 0. The van der Waals surface area contributed by atoms with Gasteiger partial charge in [0.05, 0.1) is 0 Å². The molecule has 1 aromatic carbocycles. The number of carbonyl (C=O) groups excluding carboxylic acids is 2. The van der Waals surface area contributed by atoms with Gasteiger partial charge in [-0.05, 0) is 56.2 Å². The van der Waals surface area contributed by atoms with Gasteiger partial charge >= 0.3 is 6.03 Å². The highest BCUT2D eigenvalue weighted by molar-refractivity contribution is 6.04. The van der Waals surface area contributed by atoms with E-state index in [1.165, 1.54) is 18.7 Å². The van der Waals surface area contributed by atoms with Gasteiger partial charge in [-0.1, -0.05) is 19.3 Å². The van der Waals surface area contributed by atoms with Crippen molar-refractivity contribution < 1.29 is 19.4 Å². The van der Waals surface area contributed by atoms with E-state index in [2.05, 4.69) is 10.3 Å². The molecule has 0 saturated heterocycles. The molecule has 0 spiro atoms. The first-order valence-electron chi connectivity index (χ1n) is 11.3. The van der Waals surface area contributed by atoms with Gasteiger partial charge in [0.2, 0.25) is 0 Å². The SMILES string of the molecule is C/C(=C\C(=O)c1cccnc1)NCC(O)COc1ccc(N(C(N)=O)C2CCCCC2)cc1. The molecule has 1 aliphatic carbocycles. The maximum Gasteiger partial charge on any atom is 0.319 e. The number of ether oxygens (including phenoxy) is 1. The molecule has 1 atom stereocenters. The van der Waals surface area contributed by atoms with Crippen molar-refractivity contribution in [1.29, 1.82) is 0 Å². The molecule has 1 heterocycles. The average molecular weight is 453 g/mol. The van der Waals surface area contributed by atoms with Crippen LogP contribution in [0.4, 0.5) is 10.5 Å². The maximum absolute atomic E-state index is 12.2. The van der Waals surface area contributed by atoms with E-state index in [1.807, 2.05) is 12.1 Å². The van der Waals surface area contributed by atoms with Gasteiger partial charge in [0.1, 0.15) is 18.5 Å². The molecule has 1 unspecified atom stereocenters. The van der Waals surface area contributed by atoms with E-state index in [4.69, 9.17) is 10.5 Å². The number of nitrogens with zero attached hydrogens (tertiary/aromatic N) is 2. The highest BCUT2D eigenvalue weighted by Gasteiger charge is 2.25. The van der Waals surface area contributed by atoms with Gasteiger partial charge in [-0.15, -0.1) is 0 Å². The van der Waals surface area contributed by atoms with E-state index in [-0.39, 0.29) is 25.0 Å². The number of allylic oxidation sites excluding steroid dienone is 2. The molecule has 3 rings (SSSR count). The first-order valence-corrected chi connectivity index (χ1v) is 11.3. The lowest BCUT2D eigenvalue weighted by Gasteiger charge is -2.33. The highest BCUT2D eigenvalue weighted by atomic mass is 16.5. The molecule has 1 saturated carbocycles. The minimum Gasteiger partial charge on any atom is -0.491 e. The van der Waals surface area contributed by atoms with Crippen molar-refractivity contribution in [2.24, 2.45) is 5.73 Å². The summed E-state index contributed by atoms with van der Waals surface area (Å²) in [6.45, 7) is 2.08. The van der Waals surface area contributed by atoms with Gasteiger partial charge in [-0.2, -0.15) is 0 Å². The number of hydrogen-bond donors (Lipinski definition) is 3. The Morgan fingerprint density at radius 3 is 2.61 bits per heavy atom. The molecule has 0 radical (unpaired) electrons. The molecule has 1 aliphatic rings. The molecule has 4 N–H and O–H groups in total. The van der Waals surface area contributed by atoms with Crippen LogP contribution in [0.5, 0.6) is 5.75 Å². The van der Waals surface area contributed by atoms with Crippen LogP contribution in [-0.2, 0) is 0 Å². The normalized spacial score (nSPS) is 15.5. The van der Waals surface area contributed by atoms with Crippen molar-refractivity contribution in [2.75, 3.05) is 18.1 Å². The fourth-order valence-corrected chi connectivity index (χ4v) is 3.93.